The van der Waals surface area contributed by atoms with Gasteiger partial charge in [-0.25, -0.2) is 0 Å². The van der Waals surface area contributed by atoms with Gasteiger partial charge in [-0.05, 0) is 32.4 Å². The highest BCUT2D eigenvalue weighted by Gasteiger charge is 2.34. The van der Waals surface area contributed by atoms with Crippen molar-refractivity contribution in [1.29, 1.82) is 0 Å². The molecule has 1 aliphatic rings. The first-order chi connectivity index (χ1) is 9.65. The van der Waals surface area contributed by atoms with Crippen LogP contribution in [0.3, 0.4) is 0 Å². The summed E-state index contributed by atoms with van der Waals surface area (Å²) in [5.41, 5.74) is 6.27. The molecule has 1 saturated heterocycles. The van der Waals surface area contributed by atoms with Gasteiger partial charge in [-0.3, -0.25) is 9.80 Å². The van der Waals surface area contributed by atoms with Crippen LogP contribution in [0.4, 0.5) is 0 Å². The van der Waals surface area contributed by atoms with E-state index in [2.05, 4.69) is 37.5 Å². The number of nitrogens with two attached hydrogens (primary N) is 1. The van der Waals surface area contributed by atoms with Crippen molar-refractivity contribution in [2.45, 2.75) is 58.6 Å². The molecule has 20 heavy (non-hydrogen) atoms. The van der Waals surface area contributed by atoms with E-state index in [1.807, 2.05) is 0 Å². The summed E-state index contributed by atoms with van der Waals surface area (Å²) < 4.78 is 5.99. The maximum absolute atomic E-state index is 6.13. The average molecular weight is 285 g/mol. The summed E-state index contributed by atoms with van der Waals surface area (Å²) in [7, 11) is 0. The van der Waals surface area contributed by atoms with Gasteiger partial charge in [0.15, 0.2) is 0 Å². The number of rotatable bonds is 9. The molecular formula is C16H35N3O. The monoisotopic (exact) mass is 285 g/mol. The molecule has 4 nitrogen and oxygen atoms in total. The molecule has 0 aromatic carbocycles. The summed E-state index contributed by atoms with van der Waals surface area (Å²) in [4.78, 5) is 5.08. The number of ether oxygens (including phenoxy) is 1. The van der Waals surface area contributed by atoms with E-state index in [1.165, 1.54) is 6.42 Å². The van der Waals surface area contributed by atoms with Crippen LogP contribution in [0.1, 0.15) is 47.0 Å². The predicted octanol–water partition coefficient (Wildman–Crippen LogP) is 1.94. The third-order valence-electron chi connectivity index (χ3n) is 4.95. The maximum Gasteiger partial charge on any atom is 0.0829 e. The van der Waals surface area contributed by atoms with Gasteiger partial charge in [-0.2, -0.15) is 0 Å². The van der Waals surface area contributed by atoms with E-state index in [0.29, 0.717) is 6.10 Å². The Balaban J connectivity index is 2.70. The lowest BCUT2D eigenvalue weighted by molar-refractivity contribution is -0.0598. The summed E-state index contributed by atoms with van der Waals surface area (Å²) in [6.07, 6.45) is 3.74. The smallest absolute Gasteiger partial charge is 0.0829 e. The molecule has 0 aromatic rings. The number of likely N-dealkylation sites (N-methyl/N-ethyl adjacent to an activating group) is 1. The van der Waals surface area contributed by atoms with Gasteiger partial charge < -0.3 is 10.5 Å². The highest BCUT2D eigenvalue weighted by atomic mass is 16.5. The summed E-state index contributed by atoms with van der Waals surface area (Å²) in [5.74, 6) is 0. The van der Waals surface area contributed by atoms with E-state index < -0.39 is 0 Å². The minimum absolute atomic E-state index is 0.147. The Hall–Kier alpha value is -0.160. The Bertz CT molecular complexity index is 248. The third kappa shape index (κ3) is 4.42. The van der Waals surface area contributed by atoms with Crippen LogP contribution in [-0.2, 0) is 4.74 Å². The van der Waals surface area contributed by atoms with Crippen molar-refractivity contribution in [2.24, 2.45) is 5.73 Å². The second-order valence-electron chi connectivity index (χ2n) is 5.97. The zero-order valence-corrected chi connectivity index (χ0v) is 14.0. The van der Waals surface area contributed by atoms with Gasteiger partial charge in [0.25, 0.3) is 0 Å². The average Bonchev–Trinajstić information content (AvgIpc) is 2.50. The Morgan fingerprint density at radius 3 is 2.45 bits per heavy atom. The largest absolute Gasteiger partial charge is 0.374 e. The first kappa shape index (κ1) is 17.9. The van der Waals surface area contributed by atoms with Crippen molar-refractivity contribution in [3.8, 4) is 0 Å². The lowest BCUT2D eigenvalue weighted by Crippen LogP contribution is -2.57. The number of morpholine rings is 1. The van der Waals surface area contributed by atoms with Crippen LogP contribution in [0.25, 0.3) is 0 Å². The molecule has 120 valence electrons. The maximum atomic E-state index is 6.13. The molecule has 0 spiro atoms. The Kier molecular flexibility index (Phi) is 8.03. The van der Waals surface area contributed by atoms with E-state index in [0.717, 1.165) is 58.7 Å². The molecule has 0 aromatic heterocycles. The molecule has 1 atom stereocenters. The molecule has 1 heterocycles. The fourth-order valence-electron chi connectivity index (χ4n) is 3.33. The Labute approximate surface area is 125 Å². The van der Waals surface area contributed by atoms with E-state index in [9.17, 15) is 0 Å². The van der Waals surface area contributed by atoms with Crippen molar-refractivity contribution in [1.82, 2.24) is 9.80 Å². The first-order valence-electron chi connectivity index (χ1n) is 8.44. The minimum atomic E-state index is 0.147. The molecular weight excluding hydrogens is 250 g/mol. The topological polar surface area (TPSA) is 41.7 Å². The van der Waals surface area contributed by atoms with Crippen LogP contribution in [-0.4, -0.2) is 67.3 Å². The standard InChI is InChI=1S/C16H35N3O/c1-5-9-19(16(6-2,7-3)14-17)13-15-12-18(8-4)10-11-20-15/h15H,5-14,17H2,1-4H3. The minimum Gasteiger partial charge on any atom is -0.374 e. The summed E-state index contributed by atoms with van der Waals surface area (Å²) in [5, 5.41) is 0. The quantitative estimate of drug-likeness (QED) is 0.703. The molecule has 1 aliphatic heterocycles. The zero-order chi connectivity index (χ0) is 15.0. The fourth-order valence-corrected chi connectivity index (χ4v) is 3.33. The molecule has 0 radical (unpaired) electrons. The summed E-state index contributed by atoms with van der Waals surface area (Å²) in [6.45, 7) is 16.0. The van der Waals surface area contributed by atoms with Crippen LogP contribution in [0.15, 0.2) is 0 Å². The van der Waals surface area contributed by atoms with E-state index in [-0.39, 0.29) is 5.54 Å². The summed E-state index contributed by atoms with van der Waals surface area (Å²) in [6, 6.07) is 0. The molecule has 1 rings (SSSR count). The molecule has 2 N–H and O–H groups in total. The van der Waals surface area contributed by atoms with Gasteiger partial charge >= 0.3 is 0 Å². The Morgan fingerprint density at radius 2 is 1.95 bits per heavy atom. The van der Waals surface area contributed by atoms with Gasteiger partial charge in [0.1, 0.15) is 0 Å². The molecule has 1 unspecified atom stereocenters. The second kappa shape index (κ2) is 8.98. The molecule has 1 fully saturated rings. The molecule has 0 aliphatic carbocycles. The molecule has 0 saturated carbocycles. The van der Waals surface area contributed by atoms with Crippen molar-refractivity contribution in [3.63, 3.8) is 0 Å². The highest BCUT2D eigenvalue weighted by molar-refractivity contribution is 4.91. The van der Waals surface area contributed by atoms with Gasteiger partial charge in [0.05, 0.1) is 12.7 Å². The van der Waals surface area contributed by atoms with Crippen molar-refractivity contribution >= 4 is 0 Å². The molecule has 0 bridgehead atoms. The lowest BCUT2D eigenvalue weighted by atomic mass is 9.90. The van der Waals surface area contributed by atoms with Crippen LogP contribution < -0.4 is 5.73 Å². The predicted molar refractivity (Wildman–Crippen MR) is 86.1 cm³/mol. The lowest BCUT2D eigenvalue weighted by Gasteiger charge is -2.45. The van der Waals surface area contributed by atoms with Crippen molar-refractivity contribution in [2.75, 3.05) is 45.9 Å². The Morgan fingerprint density at radius 1 is 1.25 bits per heavy atom. The van der Waals surface area contributed by atoms with Gasteiger partial charge in [-0.15, -0.1) is 0 Å². The van der Waals surface area contributed by atoms with Crippen LogP contribution in [0.2, 0.25) is 0 Å². The van der Waals surface area contributed by atoms with Crippen molar-refractivity contribution < 1.29 is 4.74 Å². The van der Waals surface area contributed by atoms with Crippen LogP contribution in [0, 0.1) is 0 Å². The highest BCUT2D eigenvalue weighted by Crippen LogP contribution is 2.24. The van der Waals surface area contributed by atoms with Gasteiger partial charge in [-0.1, -0.05) is 27.7 Å². The number of hydrogen-bond donors (Lipinski definition) is 1. The third-order valence-corrected chi connectivity index (χ3v) is 4.95. The van der Waals surface area contributed by atoms with E-state index >= 15 is 0 Å². The zero-order valence-electron chi connectivity index (χ0n) is 14.0. The normalized spacial score (nSPS) is 21.6. The number of hydrogen-bond acceptors (Lipinski definition) is 4. The van der Waals surface area contributed by atoms with E-state index in [1.54, 1.807) is 0 Å². The SMILES string of the molecule is CCCN(CC1CN(CC)CCO1)C(CC)(CC)CN. The fraction of sp³-hybridized carbons (Fsp3) is 1.00. The van der Waals surface area contributed by atoms with Gasteiger partial charge in [0.2, 0.25) is 0 Å². The van der Waals surface area contributed by atoms with Crippen LogP contribution >= 0.6 is 0 Å². The first-order valence-corrected chi connectivity index (χ1v) is 8.44. The number of nitrogens with zero attached hydrogens (tertiary/aromatic N) is 2. The van der Waals surface area contributed by atoms with Crippen molar-refractivity contribution in [3.05, 3.63) is 0 Å². The molecule has 4 heteroatoms. The second-order valence-corrected chi connectivity index (χ2v) is 5.97. The molecule has 0 amide bonds. The van der Waals surface area contributed by atoms with Gasteiger partial charge in [0, 0.05) is 31.7 Å². The summed E-state index contributed by atoms with van der Waals surface area (Å²) >= 11 is 0. The van der Waals surface area contributed by atoms with E-state index in [4.69, 9.17) is 10.5 Å². The van der Waals surface area contributed by atoms with Crippen LogP contribution in [0.5, 0.6) is 0 Å².